The molecule has 0 fully saturated rings. The fourth-order valence-electron chi connectivity index (χ4n) is 3.47. The molecule has 0 saturated heterocycles. The highest BCUT2D eigenvalue weighted by atomic mass is 19.4. The van der Waals surface area contributed by atoms with Crippen LogP contribution in [0.1, 0.15) is 28.2 Å². The van der Waals surface area contributed by atoms with E-state index in [0.717, 1.165) is 0 Å². The number of pyridine rings is 1. The number of hydrogen-bond acceptors (Lipinski definition) is 6. The van der Waals surface area contributed by atoms with Gasteiger partial charge in [0.15, 0.2) is 0 Å². The molecular weight excluding hydrogens is 445 g/mol. The summed E-state index contributed by atoms with van der Waals surface area (Å²) in [5, 5.41) is 14.0. The predicted octanol–water partition coefficient (Wildman–Crippen LogP) is 2.87. The molecule has 9 nitrogen and oxygen atoms in total. The summed E-state index contributed by atoms with van der Waals surface area (Å²) in [5.74, 6) is -0.309. The molecule has 0 bridgehead atoms. The lowest BCUT2D eigenvalue weighted by molar-refractivity contribution is -0.274. The molecule has 0 saturated carbocycles. The normalized spacial score (nSPS) is 17.0. The summed E-state index contributed by atoms with van der Waals surface area (Å²) in [6.07, 6.45) is -1.26. The Morgan fingerprint density at radius 2 is 1.97 bits per heavy atom. The Hall–Kier alpha value is -4.09. The lowest BCUT2D eigenvalue weighted by Crippen LogP contribution is -2.50. The molecular formula is C21H19F3N4O5. The van der Waals surface area contributed by atoms with Gasteiger partial charge in [0, 0.05) is 25.9 Å². The van der Waals surface area contributed by atoms with Crippen LogP contribution in [0.2, 0.25) is 0 Å². The van der Waals surface area contributed by atoms with E-state index in [1.54, 1.807) is 37.6 Å². The first-order valence-corrected chi connectivity index (χ1v) is 9.53. The van der Waals surface area contributed by atoms with E-state index in [1.807, 2.05) is 0 Å². The van der Waals surface area contributed by atoms with E-state index in [9.17, 15) is 18.0 Å². The predicted molar refractivity (Wildman–Crippen MR) is 108 cm³/mol. The number of benzene rings is 1. The zero-order chi connectivity index (χ0) is 24.1. The maximum absolute atomic E-state index is 12.9. The van der Waals surface area contributed by atoms with E-state index < -0.39 is 17.8 Å². The number of ether oxygens (including phenoxy) is 2. The molecule has 1 amide bonds. The lowest BCUT2D eigenvalue weighted by Gasteiger charge is -2.38. The number of alkyl halides is 3. The van der Waals surface area contributed by atoms with Crippen molar-refractivity contribution in [1.29, 1.82) is 0 Å². The standard InChI is InChI=1S/C20H17F3N4O3.CH2O2/c1-27-11-8-15(26-27)18(28)25-19(9-12-29-16-3-2-10-24-17(16)19)13-4-6-14(7-5-13)30-20(21,22)23;2-1-3/h2-8,10-11H,9,12H2,1H3,(H,25,28);1H,(H,2,3). The third-order valence-electron chi connectivity index (χ3n) is 4.76. The monoisotopic (exact) mass is 464 g/mol. The van der Waals surface area contributed by atoms with Gasteiger partial charge in [0.25, 0.3) is 12.4 Å². The van der Waals surface area contributed by atoms with E-state index >= 15 is 0 Å². The van der Waals surface area contributed by atoms with E-state index in [1.165, 1.54) is 28.9 Å². The summed E-state index contributed by atoms with van der Waals surface area (Å²) in [7, 11) is 1.69. The van der Waals surface area contributed by atoms with Crippen LogP contribution >= 0.6 is 0 Å². The van der Waals surface area contributed by atoms with Gasteiger partial charge in [-0.25, -0.2) is 0 Å². The third kappa shape index (κ3) is 5.40. The van der Waals surface area contributed by atoms with Gasteiger partial charge in [-0.2, -0.15) is 5.10 Å². The van der Waals surface area contributed by atoms with Crippen molar-refractivity contribution in [2.45, 2.75) is 18.3 Å². The topological polar surface area (TPSA) is 116 Å². The lowest BCUT2D eigenvalue weighted by atomic mass is 9.81. The molecule has 3 aromatic rings. The number of nitrogens with one attached hydrogen (secondary N) is 1. The highest BCUT2D eigenvalue weighted by Gasteiger charge is 2.43. The molecule has 3 heterocycles. The minimum Gasteiger partial charge on any atom is -0.491 e. The maximum atomic E-state index is 12.9. The van der Waals surface area contributed by atoms with Crippen molar-refractivity contribution in [1.82, 2.24) is 20.1 Å². The molecule has 1 atom stereocenters. The van der Waals surface area contributed by atoms with Crippen molar-refractivity contribution in [3.8, 4) is 11.5 Å². The number of rotatable bonds is 4. The van der Waals surface area contributed by atoms with Gasteiger partial charge < -0.3 is 19.9 Å². The van der Waals surface area contributed by atoms with Crippen LogP contribution < -0.4 is 14.8 Å². The number of carbonyl (C=O) groups is 2. The van der Waals surface area contributed by atoms with Crippen LogP contribution in [-0.2, 0) is 17.4 Å². The van der Waals surface area contributed by atoms with Crippen molar-refractivity contribution < 1.29 is 37.3 Å². The van der Waals surface area contributed by atoms with Crippen LogP contribution in [0.5, 0.6) is 11.5 Å². The van der Waals surface area contributed by atoms with Crippen LogP contribution in [-0.4, -0.2) is 45.2 Å². The molecule has 2 aromatic heterocycles. The van der Waals surface area contributed by atoms with Crippen molar-refractivity contribution in [3.63, 3.8) is 0 Å². The van der Waals surface area contributed by atoms with Gasteiger partial charge in [-0.15, -0.1) is 13.2 Å². The number of carbonyl (C=O) groups excluding carboxylic acids is 1. The van der Waals surface area contributed by atoms with Crippen molar-refractivity contribution in [2.24, 2.45) is 7.05 Å². The number of hydrogen-bond donors (Lipinski definition) is 2. The van der Waals surface area contributed by atoms with Gasteiger partial charge in [-0.05, 0) is 35.9 Å². The molecule has 1 aliphatic heterocycles. The maximum Gasteiger partial charge on any atom is 0.573 e. The molecule has 33 heavy (non-hydrogen) atoms. The number of nitrogens with zero attached hydrogens (tertiary/aromatic N) is 3. The van der Waals surface area contributed by atoms with Gasteiger partial charge in [-0.1, -0.05) is 12.1 Å². The molecule has 174 valence electrons. The average molecular weight is 464 g/mol. The van der Waals surface area contributed by atoms with Crippen molar-refractivity contribution in [3.05, 3.63) is 71.8 Å². The van der Waals surface area contributed by atoms with Crippen molar-refractivity contribution >= 4 is 12.4 Å². The Bertz CT molecular complexity index is 1120. The number of amides is 1. The molecule has 0 radical (unpaired) electrons. The molecule has 1 unspecified atom stereocenters. The first-order chi connectivity index (χ1) is 15.7. The third-order valence-corrected chi connectivity index (χ3v) is 4.76. The van der Waals surface area contributed by atoms with Crippen LogP contribution in [0, 0.1) is 0 Å². The van der Waals surface area contributed by atoms with E-state index in [-0.39, 0.29) is 24.5 Å². The molecule has 0 aliphatic carbocycles. The number of halogens is 3. The smallest absolute Gasteiger partial charge is 0.491 e. The SMILES string of the molecule is Cn1ccc(C(=O)NC2(c3ccc(OC(F)(F)F)cc3)CCOc3cccnc32)n1.O=CO. The van der Waals surface area contributed by atoms with E-state index in [0.29, 0.717) is 23.4 Å². The van der Waals surface area contributed by atoms with Crippen molar-refractivity contribution in [2.75, 3.05) is 6.61 Å². The quantitative estimate of drug-likeness (QED) is 0.571. The second-order valence-electron chi connectivity index (χ2n) is 6.86. The summed E-state index contributed by atoms with van der Waals surface area (Å²) in [6, 6.07) is 10.4. The molecule has 0 spiro atoms. The Kier molecular flexibility index (Phi) is 6.85. The summed E-state index contributed by atoms with van der Waals surface area (Å²) in [5.41, 5.74) is 0.104. The Morgan fingerprint density at radius 3 is 2.58 bits per heavy atom. The molecule has 12 heteroatoms. The number of aromatic nitrogens is 3. The Labute approximate surface area is 185 Å². The first-order valence-electron chi connectivity index (χ1n) is 9.53. The summed E-state index contributed by atoms with van der Waals surface area (Å²) in [6.45, 7) is 0.0298. The number of aryl methyl sites for hydroxylation is 1. The van der Waals surface area contributed by atoms with E-state index in [2.05, 4.69) is 20.1 Å². The van der Waals surface area contributed by atoms with Crippen LogP contribution in [0.3, 0.4) is 0 Å². The average Bonchev–Trinajstić information content (AvgIpc) is 3.20. The fraction of sp³-hybridized carbons (Fsp3) is 0.238. The second kappa shape index (κ2) is 9.59. The summed E-state index contributed by atoms with van der Waals surface area (Å²) < 4.78 is 48.7. The second-order valence-corrected chi connectivity index (χ2v) is 6.86. The molecule has 1 aromatic carbocycles. The molecule has 1 aliphatic rings. The highest BCUT2D eigenvalue weighted by molar-refractivity contribution is 5.93. The number of carboxylic acid groups (broad SMARTS) is 1. The fourth-order valence-corrected chi connectivity index (χ4v) is 3.47. The van der Waals surface area contributed by atoms with Crippen LogP contribution in [0.25, 0.3) is 0 Å². The van der Waals surface area contributed by atoms with Crippen LogP contribution in [0.15, 0.2) is 54.9 Å². The van der Waals surface area contributed by atoms with Gasteiger partial charge in [0.1, 0.15) is 28.4 Å². The van der Waals surface area contributed by atoms with Gasteiger partial charge in [0.05, 0.1) is 6.61 Å². The van der Waals surface area contributed by atoms with Gasteiger partial charge >= 0.3 is 6.36 Å². The van der Waals surface area contributed by atoms with Gasteiger partial charge in [0.2, 0.25) is 0 Å². The first kappa shape index (κ1) is 23.6. The van der Waals surface area contributed by atoms with E-state index in [4.69, 9.17) is 14.6 Å². The highest BCUT2D eigenvalue weighted by Crippen LogP contribution is 2.41. The zero-order valence-corrected chi connectivity index (χ0v) is 17.2. The summed E-state index contributed by atoms with van der Waals surface area (Å²) in [4.78, 5) is 25.7. The number of fused-ring (bicyclic) bond motifs is 1. The van der Waals surface area contributed by atoms with Crippen LogP contribution in [0.4, 0.5) is 13.2 Å². The minimum absolute atomic E-state index is 0.206. The molecule has 2 N–H and O–H groups in total. The minimum atomic E-state index is -4.79. The summed E-state index contributed by atoms with van der Waals surface area (Å²) >= 11 is 0. The zero-order valence-electron chi connectivity index (χ0n) is 17.2. The largest absolute Gasteiger partial charge is 0.573 e. The Balaban J connectivity index is 0.000000968. The Morgan fingerprint density at radius 1 is 1.27 bits per heavy atom. The van der Waals surface area contributed by atoms with Gasteiger partial charge in [-0.3, -0.25) is 19.3 Å². The molecule has 4 rings (SSSR count).